The Morgan fingerprint density at radius 2 is 1.65 bits per heavy atom. The first-order chi connectivity index (χ1) is 17.6. The minimum absolute atomic E-state index is 0.0317. The highest BCUT2D eigenvalue weighted by Crippen LogP contribution is 2.37. The molecule has 0 spiro atoms. The van der Waals surface area contributed by atoms with Crippen LogP contribution in [0, 0.1) is 10.1 Å². The first-order valence-electron chi connectivity index (χ1n) is 10.6. The Morgan fingerprint density at radius 1 is 0.973 bits per heavy atom. The van der Waals surface area contributed by atoms with Gasteiger partial charge in [0, 0.05) is 12.1 Å². The summed E-state index contributed by atoms with van der Waals surface area (Å²) < 4.78 is 43.4. The zero-order chi connectivity index (χ0) is 27.2. The van der Waals surface area contributed by atoms with Crippen LogP contribution in [0.15, 0.2) is 71.6 Å². The van der Waals surface area contributed by atoms with Crippen molar-refractivity contribution >= 4 is 39.0 Å². The number of ether oxygens (including phenoxy) is 3. The zero-order valence-electron chi connectivity index (χ0n) is 20.0. The average molecular weight is 530 g/mol. The van der Waals surface area contributed by atoms with Gasteiger partial charge in [-0.05, 0) is 30.3 Å². The quantitative estimate of drug-likeness (QED) is 0.237. The maximum Gasteiger partial charge on any atom is 0.339 e. The minimum atomic E-state index is -4.68. The Balaban J connectivity index is 2.11. The number of esters is 1. The third-order valence-electron chi connectivity index (χ3n) is 5.18. The molecule has 0 unspecified atom stereocenters. The second-order valence-corrected chi connectivity index (χ2v) is 9.19. The molecule has 0 aliphatic heterocycles. The standard InChI is InChI=1S/C24H23N3O9S/c1-34-16-12-13-19(21(14-16)35-2)26(37(32,33)22-11-7-6-10-20(22)27(30)31)15-23(28)25-18-9-5-4-8-17(18)24(29)36-3/h4-14H,15H2,1-3H3,(H,25,28). The third kappa shape index (κ3) is 5.78. The van der Waals surface area contributed by atoms with Crippen LogP contribution in [0.2, 0.25) is 0 Å². The number of anilines is 2. The molecule has 3 aromatic carbocycles. The molecule has 0 saturated heterocycles. The first kappa shape index (κ1) is 26.9. The molecule has 13 heteroatoms. The number of para-hydroxylation sites is 2. The summed E-state index contributed by atoms with van der Waals surface area (Å²) in [4.78, 5) is 35.3. The molecule has 0 heterocycles. The van der Waals surface area contributed by atoms with Crippen molar-refractivity contribution in [3.8, 4) is 11.5 Å². The number of nitro benzene ring substituents is 1. The van der Waals surface area contributed by atoms with Gasteiger partial charge in [-0.2, -0.15) is 0 Å². The molecule has 0 aromatic heterocycles. The average Bonchev–Trinajstić information content (AvgIpc) is 2.91. The van der Waals surface area contributed by atoms with Crippen molar-refractivity contribution < 1.29 is 37.1 Å². The normalized spacial score (nSPS) is 10.8. The van der Waals surface area contributed by atoms with E-state index in [9.17, 15) is 28.1 Å². The molecule has 37 heavy (non-hydrogen) atoms. The van der Waals surface area contributed by atoms with E-state index in [2.05, 4.69) is 5.32 Å². The van der Waals surface area contributed by atoms with Gasteiger partial charge < -0.3 is 19.5 Å². The summed E-state index contributed by atoms with van der Waals surface area (Å²) in [6.07, 6.45) is 0. The van der Waals surface area contributed by atoms with E-state index in [1.165, 1.54) is 63.8 Å². The van der Waals surface area contributed by atoms with Gasteiger partial charge in [-0.3, -0.25) is 19.2 Å². The Hall–Kier alpha value is -4.65. The van der Waals surface area contributed by atoms with E-state index >= 15 is 0 Å². The van der Waals surface area contributed by atoms with Crippen LogP contribution in [-0.2, 0) is 19.6 Å². The lowest BCUT2D eigenvalue weighted by atomic mass is 10.2. The lowest BCUT2D eigenvalue weighted by molar-refractivity contribution is -0.387. The van der Waals surface area contributed by atoms with Crippen molar-refractivity contribution in [2.24, 2.45) is 0 Å². The second-order valence-electron chi connectivity index (χ2n) is 7.36. The molecule has 0 aliphatic carbocycles. The summed E-state index contributed by atoms with van der Waals surface area (Å²) in [6.45, 7) is -0.813. The van der Waals surface area contributed by atoms with Crippen LogP contribution in [0.1, 0.15) is 10.4 Å². The Bertz CT molecular complexity index is 1440. The van der Waals surface area contributed by atoms with Crippen molar-refractivity contribution in [2.75, 3.05) is 37.5 Å². The van der Waals surface area contributed by atoms with Gasteiger partial charge in [-0.1, -0.05) is 24.3 Å². The molecule has 3 aromatic rings. The highest BCUT2D eigenvalue weighted by Gasteiger charge is 2.35. The van der Waals surface area contributed by atoms with E-state index < -0.39 is 44.0 Å². The lowest BCUT2D eigenvalue weighted by Gasteiger charge is -2.26. The monoisotopic (exact) mass is 529 g/mol. The van der Waals surface area contributed by atoms with Crippen LogP contribution in [0.4, 0.5) is 17.1 Å². The maximum atomic E-state index is 13.8. The number of rotatable bonds is 10. The van der Waals surface area contributed by atoms with Gasteiger partial charge in [0.25, 0.3) is 15.7 Å². The number of carbonyl (C=O) groups is 2. The van der Waals surface area contributed by atoms with Gasteiger partial charge >= 0.3 is 5.97 Å². The third-order valence-corrected chi connectivity index (χ3v) is 6.99. The van der Waals surface area contributed by atoms with E-state index in [1.807, 2.05) is 0 Å². The van der Waals surface area contributed by atoms with E-state index in [1.54, 1.807) is 12.1 Å². The van der Waals surface area contributed by atoms with Gasteiger partial charge in [0.05, 0.1) is 43.2 Å². The zero-order valence-corrected chi connectivity index (χ0v) is 20.9. The largest absolute Gasteiger partial charge is 0.497 e. The summed E-state index contributed by atoms with van der Waals surface area (Å²) in [6, 6.07) is 15.0. The van der Waals surface area contributed by atoms with Gasteiger partial charge in [0.1, 0.15) is 18.0 Å². The molecule has 0 atom stereocenters. The van der Waals surface area contributed by atoms with Crippen molar-refractivity contribution in [3.63, 3.8) is 0 Å². The van der Waals surface area contributed by atoms with E-state index in [0.29, 0.717) is 10.1 Å². The molecule has 12 nitrogen and oxygen atoms in total. The number of nitrogens with one attached hydrogen (secondary N) is 1. The summed E-state index contributed by atoms with van der Waals surface area (Å²) in [7, 11) is -0.806. The van der Waals surface area contributed by atoms with Crippen LogP contribution < -0.4 is 19.1 Å². The smallest absolute Gasteiger partial charge is 0.339 e. The number of hydrogen-bond acceptors (Lipinski definition) is 9. The highest BCUT2D eigenvalue weighted by atomic mass is 32.2. The second kappa shape index (κ2) is 11.4. The van der Waals surface area contributed by atoms with E-state index in [-0.39, 0.29) is 22.7 Å². The van der Waals surface area contributed by atoms with Gasteiger partial charge in [0.15, 0.2) is 4.90 Å². The van der Waals surface area contributed by atoms with Crippen LogP contribution >= 0.6 is 0 Å². The molecule has 1 amide bonds. The molecule has 0 saturated carbocycles. The number of sulfonamides is 1. The molecule has 0 bridgehead atoms. The molecule has 194 valence electrons. The van der Waals surface area contributed by atoms with Crippen LogP contribution in [0.5, 0.6) is 11.5 Å². The fourth-order valence-corrected chi connectivity index (χ4v) is 5.03. The van der Waals surface area contributed by atoms with E-state index in [4.69, 9.17) is 14.2 Å². The Labute approximate surface area is 212 Å². The summed E-state index contributed by atoms with van der Waals surface area (Å²) >= 11 is 0. The molecule has 1 N–H and O–H groups in total. The van der Waals surface area contributed by atoms with Crippen LogP contribution in [-0.4, -0.2) is 53.1 Å². The van der Waals surface area contributed by atoms with Gasteiger partial charge in [-0.15, -0.1) is 0 Å². The molecule has 0 aliphatic rings. The van der Waals surface area contributed by atoms with Crippen molar-refractivity contribution in [1.29, 1.82) is 0 Å². The van der Waals surface area contributed by atoms with Crippen LogP contribution in [0.3, 0.4) is 0 Å². The Morgan fingerprint density at radius 3 is 2.30 bits per heavy atom. The summed E-state index contributed by atoms with van der Waals surface area (Å²) in [5, 5.41) is 14.1. The van der Waals surface area contributed by atoms with Gasteiger partial charge in [0.2, 0.25) is 5.91 Å². The summed E-state index contributed by atoms with van der Waals surface area (Å²) in [5.41, 5.74) is -0.605. The fourth-order valence-electron chi connectivity index (χ4n) is 3.44. The number of nitro groups is 1. The fraction of sp³-hybridized carbons (Fsp3) is 0.167. The van der Waals surface area contributed by atoms with Gasteiger partial charge in [-0.25, -0.2) is 13.2 Å². The lowest BCUT2D eigenvalue weighted by Crippen LogP contribution is -2.38. The number of amides is 1. The SMILES string of the molecule is COC(=O)c1ccccc1NC(=O)CN(c1ccc(OC)cc1OC)S(=O)(=O)c1ccccc1[N+](=O)[O-]. The summed E-state index contributed by atoms with van der Waals surface area (Å²) in [5.74, 6) is -1.17. The molecule has 0 radical (unpaired) electrons. The number of benzene rings is 3. The maximum absolute atomic E-state index is 13.8. The number of carbonyl (C=O) groups excluding carboxylic acids is 2. The van der Waals surface area contributed by atoms with Crippen molar-refractivity contribution in [1.82, 2.24) is 0 Å². The Kier molecular flexibility index (Phi) is 8.30. The number of methoxy groups -OCH3 is 3. The molecule has 3 rings (SSSR count). The number of nitrogens with zero attached hydrogens (tertiary/aromatic N) is 2. The molecular formula is C24H23N3O9S. The van der Waals surface area contributed by atoms with Crippen molar-refractivity contribution in [2.45, 2.75) is 4.90 Å². The predicted octanol–water partition coefficient (Wildman–Crippen LogP) is 3.23. The predicted molar refractivity (Wildman–Crippen MR) is 134 cm³/mol. The molecular weight excluding hydrogens is 506 g/mol. The highest BCUT2D eigenvalue weighted by molar-refractivity contribution is 7.93. The van der Waals surface area contributed by atoms with Crippen molar-refractivity contribution in [3.05, 3.63) is 82.4 Å². The topological polar surface area (TPSA) is 154 Å². The molecule has 0 fully saturated rings. The first-order valence-corrected chi connectivity index (χ1v) is 12.0. The van der Waals surface area contributed by atoms with Crippen LogP contribution in [0.25, 0.3) is 0 Å². The number of hydrogen-bond donors (Lipinski definition) is 1. The van der Waals surface area contributed by atoms with E-state index in [0.717, 1.165) is 12.1 Å². The minimum Gasteiger partial charge on any atom is -0.497 e.